The van der Waals surface area contributed by atoms with Crippen molar-refractivity contribution in [1.82, 2.24) is 0 Å². The molecule has 0 spiro atoms. The van der Waals surface area contributed by atoms with Crippen molar-refractivity contribution >= 4 is 5.71 Å². The summed E-state index contributed by atoms with van der Waals surface area (Å²) in [5.74, 6) is 0. The van der Waals surface area contributed by atoms with Crippen molar-refractivity contribution in [2.24, 2.45) is 5.16 Å². The molecule has 2 heteroatoms. The van der Waals surface area contributed by atoms with Crippen molar-refractivity contribution in [2.45, 2.75) is 26.2 Å². The average Bonchev–Trinajstić information content (AvgIpc) is 2.14. The van der Waals surface area contributed by atoms with Gasteiger partial charge < -0.3 is 4.84 Å². The molecule has 0 unspecified atom stereocenters. The van der Waals surface area contributed by atoms with E-state index in [1.807, 2.05) is 12.2 Å². The molecule has 0 radical (unpaired) electrons. The molecule has 1 aliphatic carbocycles. The predicted octanol–water partition coefficient (Wildman–Crippen LogP) is 2.68. The summed E-state index contributed by atoms with van der Waals surface area (Å²) < 4.78 is 0. The highest BCUT2D eigenvalue weighted by Gasteiger charge is 1.92. The molecule has 0 bridgehead atoms. The number of oxime groups is 1. The zero-order valence-corrected chi connectivity index (χ0v) is 7.49. The molecular formula is C10H15NO. The molecule has 0 atom stereocenters. The monoisotopic (exact) mass is 165 g/mol. The summed E-state index contributed by atoms with van der Waals surface area (Å²) >= 11 is 0. The van der Waals surface area contributed by atoms with Crippen molar-refractivity contribution in [3.8, 4) is 0 Å². The summed E-state index contributed by atoms with van der Waals surface area (Å²) in [7, 11) is 0. The zero-order chi connectivity index (χ0) is 8.65. The minimum atomic E-state index is 0.724. The van der Waals surface area contributed by atoms with Crippen LogP contribution in [0.15, 0.2) is 29.5 Å². The summed E-state index contributed by atoms with van der Waals surface area (Å²) in [6.45, 7) is 2.86. The lowest BCUT2D eigenvalue weighted by molar-refractivity contribution is 0.142. The predicted molar refractivity (Wildman–Crippen MR) is 51.2 cm³/mol. The van der Waals surface area contributed by atoms with Crippen LogP contribution in [0.3, 0.4) is 0 Å². The standard InChI is InChI=1S/C10H15NO/c1-2-3-9-12-11-10-7-5-4-6-8-10/h5-8H,2-4,9H2,1H3. The number of allylic oxidation sites excluding steroid dienone is 4. The van der Waals surface area contributed by atoms with E-state index < -0.39 is 0 Å². The van der Waals surface area contributed by atoms with Gasteiger partial charge in [0.15, 0.2) is 0 Å². The summed E-state index contributed by atoms with van der Waals surface area (Å²) in [6.07, 6.45) is 11.3. The molecule has 0 aromatic carbocycles. The van der Waals surface area contributed by atoms with E-state index in [1.54, 1.807) is 0 Å². The van der Waals surface area contributed by atoms with Gasteiger partial charge in [-0.05, 0) is 25.0 Å². The van der Waals surface area contributed by atoms with Crippen molar-refractivity contribution in [2.75, 3.05) is 6.61 Å². The minimum Gasteiger partial charge on any atom is -0.395 e. The number of hydrogen-bond donors (Lipinski definition) is 0. The molecule has 66 valence electrons. The van der Waals surface area contributed by atoms with Gasteiger partial charge in [-0.1, -0.05) is 30.7 Å². The third kappa shape index (κ3) is 3.37. The highest BCUT2D eigenvalue weighted by molar-refractivity contribution is 6.04. The van der Waals surface area contributed by atoms with Gasteiger partial charge in [-0.2, -0.15) is 0 Å². The highest BCUT2D eigenvalue weighted by atomic mass is 16.6. The lowest BCUT2D eigenvalue weighted by atomic mass is 10.2. The third-order valence-electron chi connectivity index (χ3n) is 1.61. The van der Waals surface area contributed by atoms with Gasteiger partial charge in [0.2, 0.25) is 0 Å². The zero-order valence-electron chi connectivity index (χ0n) is 7.49. The fraction of sp³-hybridized carbons (Fsp3) is 0.500. The van der Waals surface area contributed by atoms with Crippen LogP contribution in [0.5, 0.6) is 0 Å². The lowest BCUT2D eigenvalue weighted by Crippen LogP contribution is -1.95. The van der Waals surface area contributed by atoms with Crippen LogP contribution in [-0.4, -0.2) is 12.3 Å². The Kier molecular flexibility index (Phi) is 4.21. The quantitative estimate of drug-likeness (QED) is 0.463. The van der Waals surface area contributed by atoms with Gasteiger partial charge in [-0.25, -0.2) is 0 Å². The van der Waals surface area contributed by atoms with Crippen LogP contribution in [0.2, 0.25) is 0 Å². The SMILES string of the molecule is CCCCON=C1C=CCC=C1. The number of rotatable bonds is 4. The molecule has 1 aliphatic rings. The number of hydrogen-bond acceptors (Lipinski definition) is 2. The molecular weight excluding hydrogens is 150 g/mol. The second-order valence-electron chi connectivity index (χ2n) is 2.74. The van der Waals surface area contributed by atoms with Gasteiger partial charge in [0.05, 0.1) is 0 Å². The van der Waals surface area contributed by atoms with Gasteiger partial charge >= 0.3 is 0 Å². The summed E-state index contributed by atoms with van der Waals surface area (Å²) in [5.41, 5.74) is 0.914. The summed E-state index contributed by atoms with van der Waals surface area (Å²) in [4.78, 5) is 5.10. The van der Waals surface area contributed by atoms with E-state index in [0.29, 0.717) is 0 Å². The molecule has 0 fully saturated rings. The Morgan fingerprint density at radius 2 is 2.17 bits per heavy atom. The van der Waals surface area contributed by atoms with Gasteiger partial charge in [-0.15, -0.1) is 0 Å². The molecule has 0 aromatic rings. The molecule has 2 nitrogen and oxygen atoms in total. The normalized spacial score (nSPS) is 14.9. The van der Waals surface area contributed by atoms with Gasteiger partial charge in [-0.3, -0.25) is 0 Å². The van der Waals surface area contributed by atoms with Crippen LogP contribution in [0.25, 0.3) is 0 Å². The van der Waals surface area contributed by atoms with Crippen LogP contribution >= 0.6 is 0 Å². The lowest BCUT2D eigenvalue weighted by Gasteiger charge is -2.00. The highest BCUT2D eigenvalue weighted by Crippen LogP contribution is 1.99. The molecule has 0 aliphatic heterocycles. The molecule has 0 N–H and O–H groups in total. The van der Waals surface area contributed by atoms with Crippen LogP contribution in [0.4, 0.5) is 0 Å². The fourth-order valence-corrected chi connectivity index (χ4v) is 0.902. The number of nitrogens with zero attached hydrogens (tertiary/aromatic N) is 1. The Morgan fingerprint density at radius 3 is 2.83 bits per heavy atom. The fourth-order valence-electron chi connectivity index (χ4n) is 0.902. The van der Waals surface area contributed by atoms with Gasteiger partial charge in [0.25, 0.3) is 0 Å². The Hall–Kier alpha value is -1.05. The smallest absolute Gasteiger partial charge is 0.117 e. The molecule has 12 heavy (non-hydrogen) atoms. The van der Waals surface area contributed by atoms with Crippen molar-refractivity contribution in [1.29, 1.82) is 0 Å². The van der Waals surface area contributed by atoms with Crippen molar-refractivity contribution < 1.29 is 4.84 Å². The average molecular weight is 165 g/mol. The second kappa shape index (κ2) is 5.58. The molecule has 0 saturated carbocycles. The first-order valence-electron chi connectivity index (χ1n) is 4.46. The minimum absolute atomic E-state index is 0.724. The van der Waals surface area contributed by atoms with E-state index >= 15 is 0 Å². The van der Waals surface area contributed by atoms with Crippen LogP contribution in [0.1, 0.15) is 26.2 Å². The molecule has 0 heterocycles. The van der Waals surface area contributed by atoms with Crippen molar-refractivity contribution in [3.63, 3.8) is 0 Å². The van der Waals surface area contributed by atoms with E-state index in [-0.39, 0.29) is 0 Å². The Labute approximate surface area is 73.6 Å². The first-order valence-corrected chi connectivity index (χ1v) is 4.46. The first kappa shape index (κ1) is 9.04. The maximum Gasteiger partial charge on any atom is 0.117 e. The largest absolute Gasteiger partial charge is 0.395 e. The topological polar surface area (TPSA) is 21.6 Å². The summed E-state index contributed by atoms with van der Waals surface area (Å²) in [6, 6.07) is 0. The maximum atomic E-state index is 5.10. The maximum absolute atomic E-state index is 5.10. The van der Waals surface area contributed by atoms with Gasteiger partial charge in [0.1, 0.15) is 12.3 Å². The van der Waals surface area contributed by atoms with Crippen LogP contribution < -0.4 is 0 Å². The van der Waals surface area contributed by atoms with E-state index in [0.717, 1.165) is 31.6 Å². The Balaban J connectivity index is 2.21. The van der Waals surface area contributed by atoms with E-state index in [9.17, 15) is 0 Å². The second-order valence-corrected chi connectivity index (χ2v) is 2.74. The Morgan fingerprint density at radius 1 is 1.42 bits per heavy atom. The van der Waals surface area contributed by atoms with E-state index in [4.69, 9.17) is 4.84 Å². The number of unbranched alkanes of at least 4 members (excludes halogenated alkanes) is 1. The van der Waals surface area contributed by atoms with Crippen LogP contribution in [0, 0.1) is 0 Å². The van der Waals surface area contributed by atoms with E-state index in [1.165, 1.54) is 0 Å². The van der Waals surface area contributed by atoms with Crippen LogP contribution in [-0.2, 0) is 4.84 Å². The molecule has 0 saturated heterocycles. The summed E-state index contributed by atoms with van der Waals surface area (Å²) in [5, 5.41) is 3.96. The van der Waals surface area contributed by atoms with E-state index in [2.05, 4.69) is 24.2 Å². The molecule has 0 aromatic heterocycles. The first-order chi connectivity index (χ1) is 5.93. The van der Waals surface area contributed by atoms with Crippen molar-refractivity contribution in [3.05, 3.63) is 24.3 Å². The Bertz CT molecular complexity index is 190. The van der Waals surface area contributed by atoms with Gasteiger partial charge in [0, 0.05) is 0 Å². The molecule has 1 rings (SSSR count). The molecule has 0 amide bonds. The third-order valence-corrected chi connectivity index (χ3v) is 1.61.